The lowest BCUT2D eigenvalue weighted by Crippen LogP contribution is -2.32. The van der Waals surface area contributed by atoms with Crippen LogP contribution in [0, 0.1) is 0 Å². The Labute approximate surface area is 153 Å². The summed E-state index contributed by atoms with van der Waals surface area (Å²) in [5.41, 5.74) is 2.62. The van der Waals surface area contributed by atoms with Crippen LogP contribution in [0.5, 0.6) is 5.75 Å². The number of ether oxygens (including phenoxy) is 1. The first-order valence-corrected chi connectivity index (χ1v) is 9.26. The summed E-state index contributed by atoms with van der Waals surface area (Å²) in [5.74, 6) is 1.55. The van der Waals surface area contributed by atoms with Gasteiger partial charge >= 0.3 is 0 Å². The zero-order valence-electron chi connectivity index (χ0n) is 14.9. The van der Waals surface area contributed by atoms with E-state index in [9.17, 15) is 0 Å². The number of nitrogens with one attached hydrogen (secondary N) is 1. The second-order valence-electron chi connectivity index (χ2n) is 6.86. The Hall–Kier alpha value is -2.60. The molecular formula is C20H25N5O. The highest BCUT2D eigenvalue weighted by atomic mass is 16.5. The van der Waals surface area contributed by atoms with Crippen LogP contribution < -0.4 is 4.74 Å². The molecule has 0 radical (unpaired) electrons. The first-order valence-electron chi connectivity index (χ1n) is 9.26. The van der Waals surface area contributed by atoms with E-state index >= 15 is 0 Å². The number of hydrogen-bond donors (Lipinski definition) is 1. The molecule has 1 aliphatic rings. The number of benzene rings is 1. The van der Waals surface area contributed by atoms with Crippen LogP contribution in [0.2, 0.25) is 0 Å². The fourth-order valence-electron chi connectivity index (χ4n) is 3.53. The van der Waals surface area contributed by atoms with Gasteiger partial charge in [0.15, 0.2) is 0 Å². The molecule has 0 bridgehead atoms. The van der Waals surface area contributed by atoms with Gasteiger partial charge < -0.3 is 9.30 Å². The molecule has 0 unspecified atom stereocenters. The molecule has 1 fully saturated rings. The van der Waals surface area contributed by atoms with Gasteiger partial charge in [0, 0.05) is 36.7 Å². The van der Waals surface area contributed by atoms with Gasteiger partial charge in [0.05, 0.1) is 12.9 Å². The van der Waals surface area contributed by atoms with Gasteiger partial charge in [-0.05, 0) is 49.7 Å². The van der Waals surface area contributed by atoms with E-state index in [4.69, 9.17) is 4.74 Å². The van der Waals surface area contributed by atoms with Crippen molar-refractivity contribution < 1.29 is 4.74 Å². The number of rotatable bonds is 7. The lowest BCUT2D eigenvalue weighted by Gasteiger charge is -2.31. The van der Waals surface area contributed by atoms with Crippen LogP contribution in [0.1, 0.15) is 30.0 Å². The molecule has 0 amide bonds. The third kappa shape index (κ3) is 4.32. The van der Waals surface area contributed by atoms with Crippen molar-refractivity contribution >= 4 is 0 Å². The summed E-state index contributed by atoms with van der Waals surface area (Å²) in [4.78, 5) is 6.56. The summed E-state index contributed by atoms with van der Waals surface area (Å²) < 4.78 is 7.82. The van der Waals surface area contributed by atoms with Gasteiger partial charge in [0.2, 0.25) is 0 Å². The van der Waals surface area contributed by atoms with Crippen LogP contribution in [0.15, 0.2) is 55.2 Å². The number of aromatic amines is 1. The van der Waals surface area contributed by atoms with Gasteiger partial charge in [-0.1, -0.05) is 12.1 Å². The Morgan fingerprint density at radius 2 is 1.92 bits per heavy atom. The standard InChI is InChI=1S/C20H25N5O/c1-3-19(26-14-13-25-12-9-21-16-25)4-2-17(1)15-24-10-6-18(7-11-24)20-5-8-22-23-20/h1-5,8-9,12,16,18H,6-7,10-11,13-15H2,(H,22,23). The number of likely N-dealkylation sites (tertiary alicyclic amines) is 1. The number of aromatic nitrogens is 4. The Bertz CT molecular complexity index is 759. The van der Waals surface area contributed by atoms with Gasteiger partial charge in [-0.15, -0.1) is 0 Å². The van der Waals surface area contributed by atoms with Crippen LogP contribution in [0.25, 0.3) is 0 Å². The molecule has 3 heterocycles. The molecule has 2 aromatic heterocycles. The molecule has 6 heteroatoms. The highest BCUT2D eigenvalue weighted by Crippen LogP contribution is 2.27. The van der Waals surface area contributed by atoms with E-state index in [-0.39, 0.29) is 0 Å². The van der Waals surface area contributed by atoms with Gasteiger partial charge in [-0.3, -0.25) is 10.00 Å². The van der Waals surface area contributed by atoms with E-state index in [0.29, 0.717) is 12.5 Å². The average Bonchev–Trinajstić information content (AvgIpc) is 3.38. The summed E-state index contributed by atoms with van der Waals surface area (Å²) in [6.07, 6.45) is 9.77. The summed E-state index contributed by atoms with van der Waals surface area (Å²) in [7, 11) is 0. The van der Waals surface area contributed by atoms with Crippen molar-refractivity contribution in [1.29, 1.82) is 0 Å². The lowest BCUT2D eigenvalue weighted by atomic mass is 9.93. The van der Waals surface area contributed by atoms with Crippen molar-refractivity contribution in [2.45, 2.75) is 31.8 Å². The predicted octanol–water partition coefficient (Wildman–Crippen LogP) is 3.06. The van der Waals surface area contributed by atoms with Crippen LogP contribution in [-0.2, 0) is 13.1 Å². The van der Waals surface area contributed by atoms with Crippen molar-refractivity contribution in [3.8, 4) is 5.75 Å². The molecule has 0 aliphatic carbocycles. The first-order chi connectivity index (χ1) is 12.9. The largest absolute Gasteiger partial charge is 0.492 e. The Kier molecular flexibility index (Phi) is 5.30. The minimum atomic E-state index is 0.625. The van der Waals surface area contributed by atoms with Gasteiger partial charge in [-0.25, -0.2) is 4.98 Å². The smallest absolute Gasteiger partial charge is 0.119 e. The fraction of sp³-hybridized carbons (Fsp3) is 0.400. The van der Waals surface area contributed by atoms with Crippen molar-refractivity contribution in [3.05, 3.63) is 66.5 Å². The van der Waals surface area contributed by atoms with Crippen molar-refractivity contribution in [2.75, 3.05) is 19.7 Å². The third-order valence-corrected chi connectivity index (χ3v) is 5.06. The van der Waals surface area contributed by atoms with E-state index in [1.807, 2.05) is 23.3 Å². The van der Waals surface area contributed by atoms with Crippen molar-refractivity contribution in [3.63, 3.8) is 0 Å². The molecule has 1 aromatic carbocycles. The molecule has 0 atom stereocenters. The molecule has 4 rings (SSSR count). The van der Waals surface area contributed by atoms with E-state index in [1.54, 1.807) is 6.20 Å². The molecule has 26 heavy (non-hydrogen) atoms. The summed E-state index contributed by atoms with van der Waals surface area (Å²) >= 11 is 0. The van der Waals surface area contributed by atoms with Crippen LogP contribution in [-0.4, -0.2) is 44.3 Å². The number of piperidine rings is 1. The second-order valence-corrected chi connectivity index (χ2v) is 6.86. The van der Waals surface area contributed by atoms with Gasteiger partial charge in [0.1, 0.15) is 12.4 Å². The van der Waals surface area contributed by atoms with Crippen LogP contribution >= 0.6 is 0 Å². The van der Waals surface area contributed by atoms with E-state index < -0.39 is 0 Å². The zero-order chi connectivity index (χ0) is 17.6. The summed E-state index contributed by atoms with van der Waals surface area (Å²) in [6.45, 7) is 4.73. The Morgan fingerprint density at radius 1 is 1.08 bits per heavy atom. The number of hydrogen-bond acceptors (Lipinski definition) is 4. The monoisotopic (exact) mass is 351 g/mol. The SMILES string of the molecule is c1cn(CCOc2ccc(CN3CCC(c4ccn[nH]4)CC3)cc2)cn1. The molecule has 136 valence electrons. The zero-order valence-corrected chi connectivity index (χ0v) is 14.9. The quantitative estimate of drug-likeness (QED) is 0.711. The maximum absolute atomic E-state index is 5.81. The average molecular weight is 351 g/mol. The first kappa shape index (κ1) is 16.8. The molecule has 6 nitrogen and oxygen atoms in total. The van der Waals surface area contributed by atoms with Crippen LogP contribution in [0.3, 0.4) is 0 Å². The molecule has 1 saturated heterocycles. The maximum Gasteiger partial charge on any atom is 0.119 e. The highest BCUT2D eigenvalue weighted by molar-refractivity contribution is 5.27. The third-order valence-electron chi connectivity index (χ3n) is 5.06. The van der Waals surface area contributed by atoms with Crippen molar-refractivity contribution in [1.82, 2.24) is 24.6 Å². The van der Waals surface area contributed by atoms with E-state index in [2.05, 4.69) is 50.4 Å². The van der Waals surface area contributed by atoms with Gasteiger partial charge in [0.25, 0.3) is 0 Å². The summed E-state index contributed by atoms with van der Waals surface area (Å²) in [5, 5.41) is 7.19. The number of imidazole rings is 1. The molecule has 3 aromatic rings. The summed E-state index contributed by atoms with van der Waals surface area (Å²) in [6, 6.07) is 10.6. The lowest BCUT2D eigenvalue weighted by molar-refractivity contribution is 0.203. The predicted molar refractivity (Wildman–Crippen MR) is 100 cm³/mol. The maximum atomic E-state index is 5.81. The minimum Gasteiger partial charge on any atom is -0.492 e. The minimum absolute atomic E-state index is 0.625. The molecule has 0 saturated carbocycles. The highest BCUT2D eigenvalue weighted by Gasteiger charge is 2.21. The van der Waals surface area contributed by atoms with Gasteiger partial charge in [-0.2, -0.15) is 5.10 Å². The normalized spacial score (nSPS) is 16.0. The Morgan fingerprint density at radius 3 is 2.62 bits per heavy atom. The van der Waals surface area contributed by atoms with Crippen molar-refractivity contribution in [2.24, 2.45) is 0 Å². The topological polar surface area (TPSA) is 59.0 Å². The number of H-pyrrole nitrogens is 1. The molecule has 1 aliphatic heterocycles. The second kappa shape index (κ2) is 8.19. The Balaban J connectivity index is 1.22. The number of nitrogens with zero attached hydrogens (tertiary/aromatic N) is 4. The fourth-order valence-corrected chi connectivity index (χ4v) is 3.53. The molecule has 1 N–H and O–H groups in total. The molecular weight excluding hydrogens is 326 g/mol. The molecule has 0 spiro atoms. The van der Waals surface area contributed by atoms with Crippen LogP contribution in [0.4, 0.5) is 0 Å². The van der Waals surface area contributed by atoms with E-state index in [0.717, 1.165) is 31.9 Å². The van der Waals surface area contributed by atoms with E-state index in [1.165, 1.54) is 24.1 Å².